The summed E-state index contributed by atoms with van der Waals surface area (Å²) in [7, 11) is 0. The molecule has 24 heavy (non-hydrogen) atoms. The van der Waals surface area contributed by atoms with Crippen molar-refractivity contribution in [2.45, 2.75) is 6.92 Å². The molecule has 126 valence electrons. The van der Waals surface area contributed by atoms with Crippen LogP contribution in [0.1, 0.15) is 27.6 Å². The lowest BCUT2D eigenvalue weighted by Crippen LogP contribution is -2.27. The molecule has 0 aliphatic heterocycles. The van der Waals surface area contributed by atoms with Crippen LogP contribution >= 0.6 is 0 Å². The Labute approximate surface area is 141 Å². The second kappa shape index (κ2) is 8.96. The predicted molar refractivity (Wildman–Crippen MR) is 92.1 cm³/mol. The van der Waals surface area contributed by atoms with Gasteiger partial charge in [-0.3, -0.25) is 9.59 Å². The summed E-state index contributed by atoms with van der Waals surface area (Å²) in [6.07, 6.45) is 0. The smallest absolute Gasteiger partial charge is 0.251 e. The van der Waals surface area contributed by atoms with Gasteiger partial charge in [-0.05, 0) is 30.2 Å². The van der Waals surface area contributed by atoms with Gasteiger partial charge in [0.15, 0.2) is 5.78 Å². The van der Waals surface area contributed by atoms with Crippen molar-refractivity contribution in [2.75, 3.05) is 26.4 Å². The van der Waals surface area contributed by atoms with Gasteiger partial charge in [-0.15, -0.1) is 0 Å². The molecule has 0 bridgehead atoms. The summed E-state index contributed by atoms with van der Waals surface area (Å²) in [4.78, 5) is 24.0. The van der Waals surface area contributed by atoms with Gasteiger partial charge in [0.25, 0.3) is 5.91 Å². The van der Waals surface area contributed by atoms with Crippen LogP contribution in [0.2, 0.25) is 0 Å². The lowest BCUT2D eigenvalue weighted by Gasteiger charge is -2.10. The van der Waals surface area contributed by atoms with E-state index in [4.69, 9.17) is 9.84 Å². The maximum atomic E-state index is 12.2. The summed E-state index contributed by atoms with van der Waals surface area (Å²) in [5.74, 6) is -0.216. The number of Topliss-reactive ketones (excluding diaryl/α,β-unsaturated/α-hetero) is 1. The van der Waals surface area contributed by atoms with Crippen LogP contribution in [-0.2, 0) is 4.74 Å². The molecule has 5 heteroatoms. The first-order chi connectivity index (χ1) is 11.6. The molecule has 0 aliphatic rings. The predicted octanol–water partition coefficient (Wildman–Crippen LogP) is 2.29. The van der Waals surface area contributed by atoms with E-state index in [0.29, 0.717) is 24.3 Å². The Bertz CT molecular complexity index is 712. The molecule has 2 aromatic carbocycles. The third kappa shape index (κ3) is 4.75. The van der Waals surface area contributed by atoms with Crippen molar-refractivity contribution >= 4 is 11.7 Å². The Kier molecular flexibility index (Phi) is 6.66. The normalized spacial score (nSPS) is 10.4. The zero-order valence-corrected chi connectivity index (χ0v) is 13.6. The van der Waals surface area contributed by atoms with Gasteiger partial charge in [-0.2, -0.15) is 0 Å². The number of carbonyl (C=O) groups excluding carboxylic acids is 2. The third-order valence-corrected chi connectivity index (χ3v) is 3.51. The highest BCUT2D eigenvalue weighted by Gasteiger charge is 2.11. The van der Waals surface area contributed by atoms with E-state index in [-0.39, 0.29) is 24.9 Å². The number of carbonyl (C=O) groups is 2. The molecule has 0 radical (unpaired) electrons. The topological polar surface area (TPSA) is 75.6 Å². The van der Waals surface area contributed by atoms with Gasteiger partial charge in [-0.25, -0.2) is 0 Å². The van der Waals surface area contributed by atoms with Crippen LogP contribution in [0.25, 0.3) is 11.1 Å². The van der Waals surface area contributed by atoms with Gasteiger partial charge in [0.1, 0.15) is 0 Å². The SMILES string of the molecule is CC(=O)c1ccccc1-c1cccc(C(=O)NCCOCCO)c1. The average molecular weight is 327 g/mol. The van der Waals surface area contributed by atoms with Crippen LogP contribution in [0.5, 0.6) is 0 Å². The van der Waals surface area contributed by atoms with E-state index in [0.717, 1.165) is 11.1 Å². The van der Waals surface area contributed by atoms with E-state index >= 15 is 0 Å². The van der Waals surface area contributed by atoms with Gasteiger partial charge in [0, 0.05) is 17.7 Å². The first-order valence-electron chi connectivity index (χ1n) is 7.80. The largest absolute Gasteiger partial charge is 0.394 e. The minimum absolute atomic E-state index is 0.0125. The summed E-state index contributed by atoms with van der Waals surface area (Å²) >= 11 is 0. The van der Waals surface area contributed by atoms with Crippen LogP contribution in [0, 0.1) is 0 Å². The standard InChI is InChI=1S/C19H21NO4/c1-14(22)17-7-2-3-8-18(17)15-5-4-6-16(13-15)19(23)20-9-11-24-12-10-21/h2-8,13,21H,9-12H2,1H3,(H,20,23). The van der Waals surface area contributed by atoms with Crippen LogP contribution in [-0.4, -0.2) is 43.2 Å². The molecule has 2 rings (SSSR count). The minimum Gasteiger partial charge on any atom is -0.394 e. The van der Waals surface area contributed by atoms with Crippen molar-refractivity contribution in [3.63, 3.8) is 0 Å². The monoisotopic (exact) mass is 327 g/mol. The van der Waals surface area contributed by atoms with Crippen LogP contribution in [0.3, 0.4) is 0 Å². The molecule has 0 atom stereocenters. The fourth-order valence-electron chi connectivity index (χ4n) is 2.38. The zero-order chi connectivity index (χ0) is 17.4. The fraction of sp³-hybridized carbons (Fsp3) is 0.263. The Morgan fingerprint density at radius 2 is 1.88 bits per heavy atom. The Hall–Kier alpha value is -2.50. The number of ketones is 1. The molecule has 1 amide bonds. The van der Waals surface area contributed by atoms with Gasteiger partial charge >= 0.3 is 0 Å². The number of hydrogen-bond acceptors (Lipinski definition) is 4. The number of aliphatic hydroxyl groups is 1. The first-order valence-corrected chi connectivity index (χ1v) is 7.80. The lowest BCUT2D eigenvalue weighted by molar-refractivity contribution is 0.0838. The lowest BCUT2D eigenvalue weighted by atomic mass is 9.96. The van der Waals surface area contributed by atoms with Crippen LogP contribution < -0.4 is 5.32 Å². The van der Waals surface area contributed by atoms with Crippen molar-refractivity contribution in [1.29, 1.82) is 0 Å². The molecule has 0 spiro atoms. The number of amides is 1. The zero-order valence-electron chi connectivity index (χ0n) is 13.6. The Morgan fingerprint density at radius 1 is 1.08 bits per heavy atom. The molecule has 2 N–H and O–H groups in total. The number of hydrogen-bond donors (Lipinski definition) is 2. The molecule has 0 saturated carbocycles. The second-order valence-electron chi connectivity index (χ2n) is 5.27. The number of benzene rings is 2. The number of ether oxygens (including phenoxy) is 1. The number of aliphatic hydroxyl groups excluding tert-OH is 1. The third-order valence-electron chi connectivity index (χ3n) is 3.51. The molecule has 5 nitrogen and oxygen atoms in total. The highest BCUT2D eigenvalue weighted by Crippen LogP contribution is 2.25. The van der Waals surface area contributed by atoms with Gasteiger partial charge < -0.3 is 15.2 Å². The molecule has 0 fully saturated rings. The molecular weight excluding hydrogens is 306 g/mol. The molecule has 0 saturated heterocycles. The summed E-state index contributed by atoms with van der Waals surface area (Å²) in [5, 5.41) is 11.4. The summed E-state index contributed by atoms with van der Waals surface area (Å²) in [6, 6.07) is 14.5. The average Bonchev–Trinajstić information content (AvgIpc) is 2.61. The van der Waals surface area contributed by atoms with Crippen LogP contribution in [0.15, 0.2) is 48.5 Å². The molecular formula is C19H21NO4. The highest BCUT2D eigenvalue weighted by molar-refractivity contribution is 6.02. The second-order valence-corrected chi connectivity index (χ2v) is 5.27. The van der Waals surface area contributed by atoms with E-state index < -0.39 is 0 Å². The Morgan fingerprint density at radius 3 is 2.62 bits per heavy atom. The molecule has 0 unspecified atom stereocenters. The van der Waals surface area contributed by atoms with E-state index in [1.165, 1.54) is 6.92 Å². The molecule has 0 heterocycles. The van der Waals surface area contributed by atoms with Crippen molar-refractivity contribution in [1.82, 2.24) is 5.32 Å². The maximum absolute atomic E-state index is 12.2. The summed E-state index contributed by atoms with van der Waals surface area (Å²) in [6.45, 7) is 2.47. The minimum atomic E-state index is -0.204. The first kappa shape index (κ1) is 17.8. The molecule has 0 aromatic heterocycles. The van der Waals surface area contributed by atoms with E-state index in [9.17, 15) is 9.59 Å². The number of nitrogens with one attached hydrogen (secondary N) is 1. The fourth-order valence-corrected chi connectivity index (χ4v) is 2.38. The summed E-state index contributed by atoms with van der Waals surface area (Å²) in [5.41, 5.74) is 2.79. The van der Waals surface area contributed by atoms with Crippen molar-refractivity contribution in [3.05, 3.63) is 59.7 Å². The quantitative estimate of drug-likeness (QED) is 0.576. The van der Waals surface area contributed by atoms with Crippen molar-refractivity contribution in [2.24, 2.45) is 0 Å². The highest BCUT2D eigenvalue weighted by atomic mass is 16.5. The van der Waals surface area contributed by atoms with E-state index in [1.807, 2.05) is 24.3 Å². The van der Waals surface area contributed by atoms with Gasteiger partial charge in [0.2, 0.25) is 0 Å². The maximum Gasteiger partial charge on any atom is 0.251 e. The van der Waals surface area contributed by atoms with Gasteiger partial charge in [-0.1, -0.05) is 36.4 Å². The Balaban J connectivity index is 2.12. The van der Waals surface area contributed by atoms with Crippen molar-refractivity contribution in [3.8, 4) is 11.1 Å². The summed E-state index contributed by atoms with van der Waals surface area (Å²) < 4.78 is 5.10. The number of rotatable bonds is 8. The molecule has 2 aromatic rings. The van der Waals surface area contributed by atoms with Crippen LogP contribution in [0.4, 0.5) is 0 Å². The van der Waals surface area contributed by atoms with E-state index in [1.54, 1.807) is 24.3 Å². The van der Waals surface area contributed by atoms with E-state index in [2.05, 4.69) is 5.32 Å². The van der Waals surface area contributed by atoms with Crippen molar-refractivity contribution < 1.29 is 19.4 Å². The molecule has 0 aliphatic carbocycles. The van der Waals surface area contributed by atoms with Gasteiger partial charge in [0.05, 0.1) is 19.8 Å².